The van der Waals surface area contributed by atoms with Gasteiger partial charge in [0.15, 0.2) is 0 Å². The van der Waals surface area contributed by atoms with Crippen LogP contribution in [0.5, 0.6) is 0 Å². The standard InChI is InChI=1S/C14H18O2S/c15-14(16)5-4-11-2-1-3-13(10-11)12-6-8-17-9-7-12/h1-3,10,12H,4-9H2,(H,15,16). The number of benzene rings is 1. The van der Waals surface area contributed by atoms with E-state index in [1.54, 1.807) is 0 Å². The molecule has 1 aromatic carbocycles. The second-order valence-electron chi connectivity index (χ2n) is 4.53. The molecule has 0 amide bonds. The number of carboxylic acids is 1. The highest BCUT2D eigenvalue weighted by Gasteiger charge is 2.15. The van der Waals surface area contributed by atoms with E-state index in [2.05, 4.69) is 18.2 Å². The maximum absolute atomic E-state index is 10.6. The lowest BCUT2D eigenvalue weighted by Crippen LogP contribution is -2.08. The van der Waals surface area contributed by atoms with Crippen molar-refractivity contribution in [3.8, 4) is 0 Å². The molecular formula is C14H18O2S. The molecule has 0 aliphatic carbocycles. The first-order valence-electron chi connectivity index (χ1n) is 6.14. The predicted octanol–water partition coefficient (Wildman–Crippen LogP) is 3.31. The normalized spacial score (nSPS) is 16.9. The Labute approximate surface area is 106 Å². The smallest absolute Gasteiger partial charge is 0.303 e. The van der Waals surface area contributed by atoms with E-state index in [1.807, 2.05) is 17.8 Å². The highest BCUT2D eigenvalue weighted by atomic mass is 32.2. The molecule has 0 unspecified atom stereocenters. The van der Waals surface area contributed by atoms with E-state index < -0.39 is 5.97 Å². The summed E-state index contributed by atoms with van der Waals surface area (Å²) in [7, 11) is 0. The number of aliphatic carboxylic acids is 1. The van der Waals surface area contributed by atoms with E-state index in [4.69, 9.17) is 5.11 Å². The van der Waals surface area contributed by atoms with Crippen molar-refractivity contribution in [3.63, 3.8) is 0 Å². The van der Waals surface area contributed by atoms with Crippen LogP contribution in [0.1, 0.15) is 36.3 Å². The summed E-state index contributed by atoms with van der Waals surface area (Å²) in [5.41, 5.74) is 2.55. The highest BCUT2D eigenvalue weighted by Crippen LogP contribution is 2.31. The lowest BCUT2D eigenvalue weighted by atomic mass is 9.91. The van der Waals surface area contributed by atoms with Gasteiger partial charge in [0.1, 0.15) is 0 Å². The summed E-state index contributed by atoms with van der Waals surface area (Å²) in [6.45, 7) is 0. The molecule has 0 atom stereocenters. The van der Waals surface area contributed by atoms with Crippen LogP contribution in [0.3, 0.4) is 0 Å². The van der Waals surface area contributed by atoms with Gasteiger partial charge in [0.2, 0.25) is 0 Å². The van der Waals surface area contributed by atoms with Crippen molar-refractivity contribution in [1.82, 2.24) is 0 Å². The van der Waals surface area contributed by atoms with Crippen molar-refractivity contribution in [2.75, 3.05) is 11.5 Å². The minimum absolute atomic E-state index is 0.226. The molecule has 0 saturated carbocycles. The Hall–Kier alpha value is -0.960. The maximum atomic E-state index is 10.6. The molecule has 1 aromatic rings. The third-order valence-corrected chi connectivity index (χ3v) is 4.32. The zero-order valence-corrected chi connectivity index (χ0v) is 10.7. The van der Waals surface area contributed by atoms with Crippen LogP contribution >= 0.6 is 11.8 Å². The first-order valence-corrected chi connectivity index (χ1v) is 7.29. The Balaban J connectivity index is 2.02. The summed E-state index contributed by atoms with van der Waals surface area (Å²) in [6.07, 6.45) is 3.38. The van der Waals surface area contributed by atoms with Gasteiger partial charge < -0.3 is 5.11 Å². The van der Waals surface area contributed by atoms with E-state index >= 15 is 0 Å². The fourth-order valence-corrected chi connectivity index (χ4v) is 3.39. The quantitative estimate of drug-likeness (QED) is 0.890. The van der Waals surface area contributed by atoms with Gasteiger partial charge >= 0.3 is 5.97 Å². The number of carboxylic acid groups (broad SMARTS) is 1. The van der Waals surface area contributed by atoms with Crippen LogP contribution in [-0.2, 0) is 11.2 Å². The molecular weight excluding hydrogens is 232 g/mol. The monoisotopic (exact) mass is 250 g/mol. The molecule has 0 aromatic heterocycles. The lowest BCUT2D eigenvalue weighted by Gasteiger charge is -2.22. The van der Waals surface area contributed by atoms with Crippen molar-refractivity contribution >= 4 is 17.7 Å². The number of aryl methyl sites for hydroxylation is 1. The van der Waals surface area contributed by atoms with Gasteiger partial charge in [-0.05, 0) is 47.8 Å². The average Bonchev–Trinajstić information content (AvgIpc) is 2.38. The van der Waals surface area contributed by atoms with Crippen LogP contribution in [0.4, 0.5) is 0 Å². The van der Waals surface area contributed by atoms with E-state index in [0.717, 1.165) is 5.56 Å². The first kappa shape index (κ1) is 12.5. The van der Waals surface area contributed by atoms with E-state index in [1.165, 1.54) is 29.9 Å². The molecule has 1 N–H and O–H groups in total. The molecule has 0 bridgehead atoms. The van der Waals surface area contributed by atoms with Crippen LogP contribution in [0, 0.1) is 0 Å². The molecule has 1 aliphatic rings. The first-order chi connectivity index (χ1) is 8.25. The van der Waals surface area contributed by atoms with Crippen molar-refractivity contribution in [2.24, 2.45) is 0 Å². The second-order valence-corrected chi connectivity index (χ2v) is 5.75. The van der Waals surface area contributed by atoms with Crippen molar-refractivity contribution in [3.05, 3.63) is 35.4 Å². The Kier molecular flexibility index (Phi) is 4.49. The average molecular weight is 250 g/mol. The SMILES string of the molecule is O=C(O)CCc1cccc(C2CCSCC2)c1. The van der Waals surface area contributed by atoms with E-state index in [9.17, 15) is 4.79 Å². The molecule has 2 rings (SSSR count). The van der Waals surface area contributed by atoms with Gasteiger partial charge in [0, 0.05) is 6.42 Å². The van der Waals surface area contributed by atoms with Crippen molar-refractivity contribution < 1.29 is 9.90 Å². The molecule has 17 heavy (non-hydrogen) atoms. The largest absolute Gasteiger partial charge is 0.481 e. The third kappa shape index (κ3) is 3.77. The van der Waals surface area contributed by atoms with Gasteiger partial charge in [-0.1, -0.05) is 24.3 Å². The zero-order chi connectivity index (χ0) is 12.1. The molecule has 0 spiro atoms. The number of carbonyl (C=O) groups is 1. The summed E-state index contributed by atoms with van der Waals surface area (Å²) in [5.74, 6) is 2.47. The fraction of sp³-hybridized carbons (Fsp3) is 0.500. The summed E-state index contributed by atoms with van der Waals surface area (Å²) in [4.78, 5) is 10.6. The molecule has 1 fully saturated rings. The number of hydrogen-bond acceptors (Lipinski definition) is 2. The van der Waals surface area contributed by atoms with Gasteiger partial charge in [0.25, 0.3) is 0 Å². The second kappa shape index (κ2) is 6.10. The predicted molar refractivity (Wildman–Crippen MR) is 71.7 cm³/mol. The minimum atomic E-state index is -0.718. The van der Waals surface area contributed by atoms with E-state index in [0.29, 0.717) is 12.3 Å². The van der Waals surface area contributed by atoms with Crippen LogP contribution in [0.25, 0.3) is 0 Å². The van der Waals surface area contributed by atoms with Gasteiger partial charge in [-0.15, -0.1) is 0 Å². The number of thioether (sulfide) groups is 1. The highest BCUT2D eigenvalue weighted by molar-refractivity contribution is 7.99. The lowest BCUT2D eigenvalue weighted by molar-refractivity contribution is -0.136. The Bertz CT molecular complexity index is 384. The van der Waals surface area contributed by atoms with Crippen LogP contribution in [0.15, 0.2) is 24.3 Å². The molecule has 1 aliphatic heterocycles. The zero-order valence-electron chi connectivity index (χ0n) is 9.89. The molecule has 2 nitrogen and oxygen atoms in total. The van der Waals surface area contributed by atoms with Crippen molar-refractivity contribution in [2.45, 2.75) is 31.6 Å². The Morgan fingerprint density at radius 2 is 2.12 bits per heavy atom. The van der Waals surface area contributed by atoms with Gasteiger partial charge in [-0.25, -0.2) is 0 Å². The summed E-state index contributed by atoms with van der Waals surface area (Å²) in [6, 6.07) is 8.48. The van der Waals surface area contributed by atoms with Crippen LogP contribution in [0.2, 0.25) is 0 Å². The molecule has 3 heteroatoms. The van der Waals surface area contributed by atoms with Crippen LogP contribution < -0.4 is 0 Å². The third-order valence-electron chi connectivity index (χ3n) is 3.27. The van der Waals surface area contributed by atoms with Gasteiger partial charge in [-0.3, -0.25) is 4.79 Å². The van der Waals surface area contributed by atoms with Crippen molar-refractivity contribution in [1.29, 1.82) is 0 Å². The number of hydrogen-bond donors (Lipinski definition) is 1. The molecule has 92 valence electrons. The Morgan fingerprint density at radius 3 is 2.82 bits per heavy atom. The number of rotatable bonds is 4. The van der Waals surface area contributed by atoms with Crippen LogP contribution in [-0.4, -0.2) is 22.6 Å². The van der Waals surface area contributed by atoms with Gasteiger partial charge in [-0.2, -0.15) is 11.8 Å². The molecule has 1 saturated heterocycles. The topological polar surface area (TPSA) is 37.3 Å². The van der Waals surface area contributed by atoms with E-state index in [-0.39, 0.29) is 6.42 Å². The molecule has 0 radical (unpaired) electrons. The fourth-order valence-electron chi connectivity index (χ4n) is 2.28. The summed E-state index contributed by atoms with van der Waals surface area (Å²) in [5, 5.41) is 8.69. The molecule has 1 heterocycles. The Morgan fingerprint density at radius 1 is 1.35 bits per heavy atom. The summed E-state index contributed by atoms with van der Waals surface area (Å²) < 4.78 is 0. The summed E-state index contributed by atoms with van der Waals surface area (Å²) >= 11 is 2.03. The minimum Gasteiger partial charge on any atom is -0.481 e. The van der Waals surface area contributed by atoms with Gasteiger partial charge in [0.05, 0.1) is 0 Å². The maximum Gasteiger partial charge on any atom is 0.303 e.